The zero-order chi connectivity index (χ0) is 15.1. The van der Waals surface area contributed by atoms with E-state index < -0.39 is 0 Å². The average Bonchev–Trinajstić information content (AvgIpc) is 2.49. The smallest absolute Gasteiger partial charge is 0.323 e. The van der Waals surface area contributed by atoms with E-state index >= 15 is 0 Å². The highest BCUT2D eigenvalue weighted by molar-refractivity contribution is 8.03. The maximum absolute atomic E-state index is 11.9. The number of nitrogens with zero attached hydrogens (tertiary/aromatic N) is 1. The van der Waals surface area contributed by atoms with Crippen LogP contribution in [0.1, 0.15) is 0 Å². The lowest BCUT2D eigenvalue weighted by atomic mass is 10.3. The van der Waals surface area contributed by atoms with E-state index in [4.69, 9.17) is 10.00 Å². The molecule has 6 heteroatoms. The molecule has 0 heterocycles. The number of rotatable bonds is 4. The third kappa shape index (κ3) is 4.44. The van der Waals surface area contributed by atoms with E-state index in [1.54, 1.807) is 55.6 Å². The van der Waals surface area contributed by atoms with Gasteiger partial charge in [-0.1, -0.05) is 6.07 Å². The normalized spacial score (nSPS) is 9.52. The molecule has 0 aliphatic heterocycles. The van der Waals surface area contributed by atoms with Gasteiger partial charge < -0.3 is 15.4 Å². The fourth-order valence-electron chi connectivity index (χ4n) is 1.65. The monoisotopic (exact) mass is 299 g/mol. The minimum Gasteiger partial charge on any atom is -0.497 e. The number of thiocyanates is 1. The molecule has 2 aromatic rings. The number of carbonyl (C=O) groups excluding carboxylic acids is 1. The number of amides is 2. The molecule has 0 aromatic heterocycles. The zero-order valence-electron chi connectivity index (χ0n) is 11.3. The van der Waals surface area contributed by atoms with E-state index in [-0.39, 0.29) is 6.03 Å². The van der Waals surface area contributed by atoms with Gasteiger partial charge >= 0.3 is 6.03 Å². The summed E-state index contributed by atoms with van der Waals surface area (Å²) in [7, 11) is 1.57. The highest BCUT2D eigenvalue weighted by atomic mass is 32.2. The quantitative estimate of drug-likeness (QED) is 0.663. The number of ether oxygens (including phenoxy) is 1. The Kier molecular flexibility index (Phi) is 5.07. The Labute approximate surface area is 126 Å². The number of hydrogen-bond acceptors (Lipinski definition) is 4. The molecule has 2 aromatic carbocycles. The molecule has 0 unspecified atom stereocenters. The van der Waals surface area contributed by atoms with Crippen molar-refractivity contribution in [2.75, 3.05) is 17.7 Å². The molecule has 0 aliphatic carbocycles. The van der Waals surface area contributed by atoms with Crippen LogP contribution in [-0.4, -0.2) is 13.1 Å². The van der Waals surface area contributed by atoms with E-state index in [1.165, 1.54) is 0 Å². The number of thioether (sulfide) groups is 1. The van der Waals surface area contributed by atoms with E-state index in [9.17, 15) is 4.79 Å². The second-order valence-electron chi connectivity index (χ2n) is 4.03. The number of urea groups is 1. The van der Waals surface area contributed by atoms with Crippen molar-refractivity contribution in [3.63, 3.8) is 0 Å². The second-order valence-corrected chi connectivity index (χ2v) is 4.89. The van der Waals surface area contributed by atoms with Crippen LogP contribution in [0.15, 0.2) is 53.4 Å². The molecule has 0 radical (unpaired) electrons. The Morgan fingerprint density at radius 2 is 1.86 bits per heavy atom. The number of anilines is 2. The standard InChI is InChI=1S/C15H13N3O2S/c1-20-13-4-2-3-12(9-13)18-15(19)17-11-5-7-14(8-6-11)21-10-16/h2-9H,1H3,(H2,17,18,19). The molecule has 106 valence electrons. The van der Waals surface area contributed by atoms with Gasteiger partial charge in [0.25, 0.3) is 0 Å². The summed E-state index contributed by atoms with van der Waals surface area (Å²) in [6.07, 6.45) is 0. The lowest BCUT2D eigenvalue weighted by Gasteiger charge is -2.09. The molecule has 0 fully saturated rings. The topological polar surface area (TPSA) is 74.2 Å². The maximum Gasteiger partial charge on any atom is 0.323 e. The van der Waals surface area contributed by atoms with Crippen LogP contribution in [0.5, 0.6) is 5.75 Å². The first-order valence-corrected chi connectivity index (χ1v) is 6.91. The van der Waals surface area contributed by atoms with Crippen LogP contribution in [-0.2, 0) is 0 Å². The predicted molar refractivity (Wildman–Crippen MR) is 83.5 cm³/mol. The first-order chi connectivity index (χ1) is 10.2. The number of carbonyl (C=O) groups is 1. The summed E-state index contributed by atoms with van der Waals surface area (Å²) < 4.78 is 5.09. The van der Waals surface area contributed by atoms with Crippen LogP contribution >= 0.6 is 11.8 Å². The Morgan fingerprint density at radius 3 is 2.52 bits per heavy atom. The van der Waals surface area contributed by atoms with Crippen molar-refractivity contribution in [2.24, 2.45) is 0 Å². The minimum absolute atomic E-state index is 0.344. The highest BCUT2D eigenvalue weighted by Crippen LogP contribution is 2.20. The lowest BCUT2D eigenvalue weighted by Crippen LogP contribution is -2.19. The summed E-state index contributed by atoms with van der Waals surface area (Å²) in [5.41, 5.74) is 1.29. The van der Waals surface area contributed by atoms with Crippen molar-refractivity contribution in [3.05, 3.63) is 48.5 Å². The largest absolute Gasteiger partial charge is 0.497 e. The maximum atomic E-state index is 11.9. The third-order valence-corrected chi connectivity index (χ3v) is 3.20. The summed E-state index contributed by atoms with van der Waals surface area (Å²) in [5, 5.41) is 16.0. The number of methoxy groups -OCH3 is 1. The van der Waals surface area contributed by atoms with Gasteiger partial charge in [-0.15, -0.1) is 0 Å². The molecule has 2 N–H and O–H groups in total. The van der Waals surface area contributed by atoms with E-state index in [1.807, 2.05) is 5.40 Å². The third-order valence-electron chi connectivity index (χ3n) is 2.60. The van der Waals surface area contributed by atoms with Gasteiger partial charge in [-0.25, -0.2) is 4.79 Å². The van der Waals surface area contributed by atoms with E-state index in [0.717, 1.165) is 16.7 Å². The van der Waals surface area contributed by atoms with Crippen molar-refractivity contribution < 1.29 is 9.53 Å². The first-order valence-electron chi connectivity index (χ1n) is 6.09. The fourth-order valence-corrected chi connectivity index (χ4v) is 2.03. The molecule has 0 spiro atoms. The van der Waals surface area contributed by atoms with Gasteiger partial charge in [0, 0.05) is 22.3 Å². The Morgan fingerprint density at radius 1 is 1.14 bits per heavy atom. The van der Waals surface area contributed by atoms with Crippen molar-refractivity contribution in [2.45, 2.75) is 4.90 Å². The molecule has 0 atom stereocenters. The first kappa shape index (κ1) is 14.8. The highest BCUT2D eigenvalue weighted by Gasteiger charge is 2.03. The van der Waals surface area contributed by atoms with Crippen LogP contribution < -0.4 is 15.4 Å². The van der Waals surface area contributed by atoms with Crippen LogP contribution in [0, 0.1) is 10.7 Å². The number of benzene rings is 2. The Bertz CT molecular complexity index is 665. The summed E-state index contributed by atoms with van der Waals surface area (Å²) >= 11 is 1.07. The lowest BCUT2D eigenvalue weighted by molar-refractivity contribution is 0.262. The van der Waals surface area contributed by atoms with Gasteiger partial charge in [0.1, 0.15) is 11.2 Å². The van der Waals surface area contributed by atoms with E-state index in [2.05, 4.69) is 10.6 Å². The summed E-state index contributed by atoms with van der Waals surface area (Å²) in [5.74, 6) is 0.672. The molecule has 0 aliphatic rings. The molecule has 2 amide bonds. The van der Waals surface area contributed by atoms with Gasteiger partial charge in [0.05, 0.1) is 7.11 Å². The Balaban J connectivity index is 1.96. The molecule has 0 saturated heterocycles. The molecular weight excluding hydrogens is 286 g/mol. The SMILES string of the molecule is COc1cccc(NC(=O)Nc2ccc(SC#N)cc2)c1. The molecule has 0 bridgehead atoms. The summed E-state index contributed by atoms with van der Waals surface area (Å²) in [6, 6.07) is 13.8. The van der Waals surface area contributed by atoms with Gasteiger partial charge in [-0.2, -0.15) is 5.26 Å². The molecule has 0 saturated carbocycles. The van der Waals surface area contributed by atoms with Crippen molar-refractivity contribution in [3.8, 4) is 11.2 Å². The fraction of sp³-hybridized carbons (Fsp3) is 0.0667. The predicted octanol–water partition coefficient (Wildman–Crippen LogP) is 3.91. The summed E-state index contributed by atoms with van der Waals surface area (Å²) in [4.78, 5) is 12.7. The molecule has 2 rings (SSSR count). The van der Waals surface area contributed by atoms with Crippen molar-refractivity contribution >= 4 is 29.2 Å². The van der Waals surface area contributed by atoms with Crippen LogP contribution in [0.2, 0.25) is 0 Å². The van der Waals surface area contributed by atoms with Crippen LogP contribution in [0.4, 0.5) is 16.2 Å². The number of hydrogen-bond donors (Lipinski definition) is 2. The van der Waals surface area contributed by atoms with Gasteiger partial charge in [-0.3, -0.25) is 0 Å². The van der Waals surface area contributed by atoms with Crippen molar-refractivity contribution in [1.29, 1.82) is 5.26 Å². The zero-order valence-corrected chi connectivity index (χ0v) is 12.1. The minimum atomic E-state index is -0.344. The molecule has 5 nitrogen and oxygen atoms in total. The van der Waals surface area contributed by atoms with E-state index in [0.29, 0.717) is 17.1 Å². The van der Waals surface area contributed by atoms with Gasteiger partial charge in [0.15, 0.2) is 0 Å². The van der Waals surface area contributed by atoms with Gasteiger partial charge in [0.2, 0.25) is 0 Å². The van der Waals surface area contributed by atoms with Crippen molar-refractivity contribution in [1.82, 2.24) is 0 Å². The average molecular weight is 299 g/mol. The van der Waals surface area contributed by atoms with Crippen LogP contribution in [0.25, 0.3) is 0 Å². The van der Waals surface area contributed by atoms with Gasteiger partial charge in [-0.05, 0) is 48.2 Å². The number of nitriles is 1. The number of nitrogens with one attached hydrogen (secondary N) is 2. The summed E-state index contributed by atoms with van der Waals surface area (Å²) in [6.45, 7) is 0. The Hall–Kier alpha value is -2.65. The molecular formula is C15H13N3O2S. The molecule has 21 heavy (non-hydrogen) atoms. The second kappa shape index (κ2) is 7.22. The van der Waals surface area contributed by atoms with Crippen LogP contribution in [0.3, 0.4) is 0 Å².